The van der Waals surface area contributed by atoms with Crippen molar-refractivity contribution in [3.05, 3.63) is 0 Å². The van der Waals surface area contributed by atoms with Crippen molar-refractivity contribution in [1.82, 2.24) is 31.1 Å². The van der Waals surface area contributed by atoms with Crippen LogP contribution in [0.15, 0.2) is 0 Å². The average Bonchev–Trinajstić information content (AvgIpc) is 2.79. The lowest BCUT2D eigenvalue weighted by atomic mass is 10.1. The van der Waals surface area contributed by atoms with Crippen LogP contribution >= 0.6 is 0 Å². The Morgan fingerprint density at radius 2 is 0.600 bits per heavy atom. The Hall–Kier alpha value is -2.20. The van der Waals surface area contributed by atoms with Crippen LogP contribution in [0.3, 0.4) is 0 Å². The van der Waals surface area contributed by atoms with Gasteiger partial charge in [0.1, 0.15) is 0 Å². The summed E-state index contributed by atoms with van der Waals surface area (Å²) < 4.78 is 0. The number of nitrogens with one attached hydrogen (secondary N) is 4. The zero-order valence-electron chi connectivity index (χ0n) is 26.7. The van der Waals surface area contributed by atoms with Gasteiger partial charge in [0.2, 0.25) is 23.6 Å². The van der Waals surface area contributed by atoms with Gasteiger partial charge in [-0.2, -0.15) is 0 Å². The summed E-state index contributed by atoms with van der Waals surface area (Å²) in [4.78, 5) is 53.0. The monoisotopic (exact) mass is 568 g/mol. The molecule has 0 aliphatic heterocycles. The number of carbonyl (C=O) groups is 4. The minimum Gasteiger partial charge on any atom is -0.355 e. The molecular formula is C30H60N6O4. The molecule has 0 unspecified atom stereocenters. The van der Waals surface area contributed by atoms with Crippen molar-refractivity contribution < 1.29 is 19.2 Å². The minimum atomic E-state index is 0.0519. The normalized spacial score (nSPS) is 11.7. The molecule has 0 radical (unpaired) electrons. The Morgan fingerprint density at radius 1 is 0.400 bits per heavy atom. The van der Waals surface area contributed by atoms with Gasteiger partial charge in [0, 0.05) is 91.1 Å². The smallest absolute Gasteiger partial charge is 0.220 e. The summed E-state index contributed by atoms with van der Waals surface area (Å²) in [6, 6.07) is 0. The number of hydrogen-bond acceptors (Lipinski definition) is 6. The van der Waals surface area contributed by atoms with Crippen molar-refractivity contribution in [2.75, 3.05) is 65.4 Å². The highest BCUT2D eigenvalue weighted by Crippen LogP contribution is 2.01. The maximum atomic E-state index is 12.1. The number of amides is 4. The first-order valence-electron chi connectivity index (χ1n) is 15.3. The number of carbonyl (C=O) groups excluding carboxylic acids is 4. The zero-order valence-corrected chi connectivity index (χ0v) is 26.7. The van der Waals surface area contributed by atoms with E-state index >= 15 is 0 Å². The third-order valence-electron chi connectivity index (χ3n) is 6.11. The van der Waals surface area contributed by atoms with Crippen LogP contribution in [0, 0.1) is 23.7 Å². The van der Waals surface area contributed by atoms with Crippen LogP contribution in [0.4, 0.5) is 0 Å². The molecule has 234 valence electrons. The first-order valence-corrected chi connectivity index (χ1v) is 15.3. The molecule has 0 bridgehead atoms. The molecule has 4 N–H and O–H groups in total. The first-order chi connectivity index (χ1) is 18.8. The Morgan fingerprint density at radius 3 is 0.775 bits per heavy atom. The van der Waals surface area contributed by atoms with Crippen LogP contribution in [-0.2, 0) is 19.2 Å². The van der Waals surface area contributed by atoms with E-state index in [1.807, 2.05) is 55.4 Å². The van der Waals surface area contributed by atoms with Gasteiger partial charge in [0.25, 0.3) is 0 Å². The van der Waals surface area contributed by atoms with E-state index in [1.54, 1.807) is 0 Å². The summed E-state index contributed by atoms with van der Waals surface area (Å²) in [5.74, 6) is 1.44. The molecule has 0 aromatic heterocycles. The highest BCUT2D eigenvalue weighted by atomic mass is 16.2. The lowest BCUT2D eigenvalue weighted by Crippen LogP contribution is -2.46. The van der Waals surface area contributed by atoms with Crippen molar-refractivity contribution in [2.24, 2.45) is 23.7 Å². The molecule has 10 nitrogen and oxygen atoms in total. The van der Waals surface area contributed by atoms with Gasteiger partial charge in [-0.15, -0.1) is 0 Å². The highest BCUT2D eigenvalue weighted by Gasteiger charge is 2.13. The van der Waals surface area contributed by atoms with Crippen LogP contribution < -0.4 is 21.3 Å². The second kappa shape index (κ2) is 22.5. The van der Waals surface area contributed by atoms with Crippen molar-refractivity contribution in [2.45, 2.75) is 81.1 Å². The van der Waals surface area contributed by atoms with Gasteiger partial charge in [-0.05, 0) is 23.7 Å². The molecule has 0 aromatic rings. The number of hydrogen-bond donors (Lipinski definition) is 4. The summed E-state index contributed by atoms with van der Waals surface area (Å²) in [6.07, 6.45) is 2.02. The fourth-order valence-corrected chi connectivity index (χ4v) is 4.14. The van der Waals surface area contributed by atoms with E-state index in [1.165, 1.54) is 0 Å². The predicted molar refractivity (Wildman–Crippen MR) is 163 cm³/mol. The van der Waals surface area contributed by atoms with Gasteiger partial charge in [-0.25, -0.2) is 0 Å². The molecule has 0 aliphatic carbocycles. The van der Waals surface area contributed by atoms with E-state index in [2.05, 4.69) is 31.1 Å². The molecule has 0 aromatic carbocycles. The van der Waals surface area contributed by atoms with E-state index in [-0.39, 0.29) is 23.6 Å². The van der Waals surface area contributed by atoms with Gasteiger partial charge in [0.05, 0.1) is 0 Å². The maximum absolute atomic E-state index is 12.1. The molecular weight excluding hydrogens is 508 g/mol. The van der Waals surface area contributed by atoms with E-state index in [9.17, 15) is 19.2 Å². The SMILES string of the molecule is CC(C)CC(=O)NCCN(CCNC(=O)CC(C)C)CCN(CCNC(=O)CC(C)C)CCNC(=O)CC(C)C. The third kappa shape index (κ3) is 23.7. The van der Waals surface area contributed by atoms with Crippen LogP contribution in [0.2, 0.25) is 0 Å². The molecule has 0 saturated heterocycles. The van der Waals surface area contributed by atoms with E-state index in [0.29, 0.717) is 102 Å². The second-order valence-corrected chi connectivity index (χ2v) is 12.5. The maximum Gasteiger partial charge on any atom is 0.220 e. The zero-order chi connectivity index (χ0) is 30.5. The highest BCUT2D eigenvalue weighted by molar-refractivity contribution is 5.77. The molecule has 0 fully saturated rings. The molecule has 0 aliphatic rings. The molecule has 10 heteroatoms. The molecule has 40 heavy (non-hydrogen) atoms. The van der Waals surface area contributed by atoms with Gasteiger partial charge >= 0.3 is 0 Å². The van der Waals surface area contributed by atoms with Crippen molar-refractivity contribution in [1.29, 1.82) is 0 Å². The lowest BCUT2D eigenvalue weighted by Gasteiger charge is -2.28. The molecule has 4 amide bonds. The second-order valence-electron chi connectivity index (χ2n) is 12.5. The number of rotatable bonds is 23. The molecule has 0 heterocycles. The summed E-state index contributed by atoms with van der Waals surface area (Å²) in [5, 5.41) is 12.0. The van der Waals surface area contributed by atoms with Crippen LogP contribution in [-0.4, -0.2) is 98.9 Å². The first kappa shape index (κ1) is 37.8. The standard InChI is InChI=1S/C30H60N6O4/c1-23(2)19-27(37)31-9-13-35(14-10-32-28(38)20-24(3)4)17-18-36(15-11-33-29(39)21-25(5)6)16-12-34-30(40)22-26(7)8/h23-26H,9-22H2,1-8H3,(H,31,37)(H,32,38)(H,33,39)(H,34,40). The van der Waals surface area contributed by atoms with Gasteiger partial charge < -0.3 is 21.3 Å². The van der Waals surface area contributed by atoms with Crippen LogP contribution in [0.5, 0.6) is 0 Å². The fourth-order valence-electron chi connectivity index (χ4n) is 4.14. The Kier molecular flexibility index (Phi) is 21.2. The predicted octanol–water partition coefficient (Wildman–Crippen LogP) is 2.24. The summed E-state index contributed by atoms with van der Waals surface area (Å²) in [7, 11) is 0. The van der Waals surface area contributed by atoms with Crippen LogP contribution in [0.1, 0.15) is 81.1 Å². The van der Waals surface area contributed by atoms with E-state index in [0.717, 1.165) is 13.1 Å². The summed E-state index contributed by atoms with van der Waals surface area (Å²) in [6.45, 7) is 22.5. The van der Waals surface area contributed by atoms with E-state index < -0.39 is 0 Å². The Labute approximate surface area is 244 Å². The molecule has 0 spiro atoms. The summed E-state index contributed by atoms with van der Waals surface area (Å²) in [5.41, 5.74) is 0. The van der Waals surface area contributed by atoms with Gasteiger partial charge in [-0.1, -0.05) is 55.4 Å². The molecule has 0 rings (SSSR count). The molecule has 0 saturated carbocycles. The van der Waals surface area contributed by atoms with Crippen molar-refractivity contribution in [3.63, 3.8) is 0 Å². The van der Waals surface area contributed by atoms with Crippen molar-refractivity contribution in [3.8, 4) is 0 Å². The lowest BCUT2D eigenvalue weighted by molar-refractivity contribution is -0.122. The van der Waals surface area contributed by atoms with Crippen molar-refractivity contribution >= 4 is 23.6 Å². The largest absolute Gasteiger partial charge is 0.355 e. The third-order valence-corrected chi connectivity index (χ3v) is 6.11. The molecule has 0 atom stereocenters. The van der Waals surface area contributed by atoms with E-state index in [4.69, 9.17) is 0 Å². The summed E-state index contributed by atoms with van der Waals surface area (Å²) >= 11 is 0. The Bertz CT molecular complexity index is 611. The van der Waals surface area contributed by atoms with Gasteiger partial charge in [-0.3, -0.25) is 29.0 Å². The topological polar surface area (TPSA) is 123 Å². The quantitative estimate of drug-likeness (QED) is 0.150. The van der Waals surface area contributed by atoms with Crippen LogP contribution in [0.25, 0.3) is 0 Å². The minimum absolute atomic E-state index is 0.0519. The number of nitrogens with zero attached hydrogens (tertiary/aromatic N) is 2. The van der Waals surface area contributed by atoms with Gasteiger partial charge in [0.15, 0.2) is 0 Å². The fraction of sp³-hybridized carbons (Fsp3) is 0.867. The Balaban J connectivity index is 5.06. The average molecular weight is 569 g/mol.